The number of halogens is 10. The van der Waals surface area contributed by atoms with Crippen LogP contribution in [-0.2, 0) is 22.4 Å². The number of benzene rings is 2. The summed E-state index contributed by atoms with van der Waals surface area (Å²) in [7, 11) is 0. The molecular weight excluding hydrogens is 836 g/mol. The highest BCUT2D eigenvalue weighted by atomic mass is 35.5. The fourth-order valence-corrected chi connectivity index (χ4v) is 7.15. The van der Waals surface area contributed by atoms with Crippen LogP contribution in [0.25, 0.3) is 27.9 Å². The van der Waals surface area contributed by atoms with Crippen LogP contribution in [0.1, 0.15) is 34.9 Å². The summed E-state index contributed by atoms with van der Waals surface area (Å²) in [6.07, 6.45) is -4.73. The van der Waals surface area contributed by atoms with Gasteiger partial charge in [0, 0.05) is 47.3 Å². The maximum atomic E-state index is 15.5. The van der Waals surface area contributed by atoms with E-state index in [-0.39, 0.29) is 38.7 Å². The predicted octanol–water partition coefficient (Wildman–Crippen LogP) is 7.04. The molecule has 1 fully saturated rings. The van der Waals surface area contributed by atoms with E-state index in [1.165, 1.54) is 32.9 Å². The Hall–Kier alpha value is -4.63. The Balaban J connectivity index is 1.57. The minimum absolute atomic E-state index is 0.107. The van der Waals surface area contributed by atoms with E-state index in [9.17, 15) is 37.3 Å². The minimum Gasteiger partial charge on any atom is -0.394 e. The van der Waals surface area contributed by atoms with Gasteiger partial charge in [-0.05, 0) is 50.1 Å². The second kappa shape index (κ2) is 14.3. The predicted molar refractivity (Wildman–Crippen MR) is 188 cm³/mol. The molecule has 0 spiro atoms. The van der Waals surface area contributed by atoms with Crippen LogP contribution >= 0.6 is 34.8 Å². The molecule has 4 atom stereocenters. The summed E-state index contributed by atoms with van der Waals surface area (Å²) in [6.45, 7) is 3.10. The Morgan fingerprint density at radius 3 is 1.93 bits per heavy atom. The summed E-state index contributed by atoms with van der Waals surface area (Å²) < 4.78 is 113. The average molecular weight is 862 g/mol. The van der Waals surface area contributed by atoms with Gasteiger partial charge < -0.3 is 20.1 Å². The second-order valence-corrected chi connectivity index (χ2v) is 14.4. The van der Waals surface area contributed by atoms with Gasteiger partial charge >= 0.3 is 6.18 Å². The van der Waals surface area contributed by atoms with Gasteiger partial charge in [-0.15, -0.1) is 0 Å². The lowest BCUT2D eigenvalue weighted by Crippen LogP contribution is -2.68. The van der Waals surface area contributed by atoms with Crippen LogP contribution in [0.2, 0.25) is 15.1 Å². The molecule has 57 heavy (non-hydrogen) atoms. The smallest absolute Gasteiger partial charge is 0.394 e. The molecule has 2 aromatic carbocycles. The Morgan fingerprint density at radius 2 is 1.39 bits per heavy atom. The van der Waals surface area contributed by atoms with E-state index in [1.807, 2.05) is 0 Å². The van der Waals surface area contributed by atoms with Crippen LogP contribution in [-0.4, -0.2) is 73.4 Å². The summed E-state index contributed by atoms with van der Waals surface area (Å²) in [5.41, 5.74) is -9.14. The molecular formula is C35H26Cl3F7N8O4. The third kappa shape index (κ3) is 6.45. The number of alkyl halides is 3. The Bertz CT molecular complexity index is 2570. The van der Waals surface area contributed by atoms with Gasteiger partial charge in [0.05, 0.1) is 45.9 Å². The lowest BCUT2D eigenvalue weighted by Gasteiger charge is -2.51. The van der Waals surface area contributed by atoms with Crippen molar-refractivity contribution < 1.29 is 50.8 Å². The Morgan fingerprint density at radius 1 is 0.842 bits per heavy atom. The van der Waals surface area contributed by atoms with E-state index in [0.717, 1.165) is 46.4 Å². The number of aryl methyl sites for hydroxylation is 3. The van der Waals surface area contributed by atoms with Gasteiger partial charge in [0.25, 0.3) is 5.72 Å². The summed E-state index contributed by atoms with van der Waals surface area (Å²) in [5, 5.41) is 46.2. The maximum absolute atomic E-state index is 15.5. The molecule has 300 valence electrons. The lowest BCUT2D eigenvalue weighted by atomic mass is 9.86. The van der Waals surface area contributed by atoms with Crippen molar-refractivity contribution in [2.24, 2.45) is 0 Å². The van der Waals surface area contributed by atoms with Gasteiger partial charge in [0.1, 0.15) is 11.9 Å². The molecule has 5 heterocycles. The van der Waals surface area contributed by atoms with Crippen LogP contribution in [0.15, 0.2) is 49.2 Å². The molecule has 6 aromatic rings. The van der Waals surface area contributed by atoms with Gasteiger partial charge in [0.2, 0.25) is 5.72 Å². The first-order valence-electron chi connectivity index (χ1n) is 16.5. The summed E-state index contributed by atoms with van der Waals surface area (Å²) >= 11 is 18.0. The van der Waals surface area contributed by atoms with Crippen LogP contribution in [0, 0.1) is 44.0 Å². The van der Waals surface area contributed by atoms with Crippen molar-refractivity contribution in [2.75, 3.05) is 6.61 Å². The monoisotopic (exact) mass is 860 g/mol. The molecule has 0 radical (unpaired) electrons. The van der Waals surface area contributed by atoms with E-state index < -0.39 is 98.9 Å². The zero-order valence-electron chi connectivity index (χ0n) is 29.3. The van der Waals surface area contributed by atoms with Crippen LogP contribution < -0.4 is 0 Å². The summed E-state index contributed by atoms with van der Waals surface area (Å²) in [5.74, 6) is -6.57. The number of aliphatic hydroxyl groups is 3. The molecule has 0 amide bonds. The molecule has 1 aliphatic rings. The molecule has 7 rings (SSSR count). The Kier molecular flexibility index (Phi) is 10.2. The molecule has 1 saturated heterocycles. The minimum atomic E-state index is -5.14. The molecule has 1 unspecified atom stereocenters. The van der Waals surface area contributed by atoms with Crippen molar-refractivity contribution >= 4 is 34.8 Å². The van der Waals surface area contributed by atoms with E-state index >= 15 is 8.78 Å². The highest BCUT2D eigenvalue weighted by molar-refractivity contribution is 6.32. The van der Waals surface area contributed by atoms with Crippen molar-refractivity contribution in [3.8, 4) is 27.9 Å². The number of ether oxygens (including phenoxy) is 1. The molecule has 0 aliphatic carbocycles. The SMILES string of the molecule is Cc1nc(C2(n3cc(-c4cc(C)c(Cl)c(F)c4F)cn3)O[C@@H](CO)[C@@H](O)C[C@@]2(O)n2cc(-c3cc(C)c(Cl)c(F)c3F)cn2)n(-c2cc(Cl)cnc2C(F)(F)F)n1. The Labute approximate surface area is 331 Å². The van der Waals surface area contributed by atoms with Crippen LogP contribution in [0.3, 0.4) is 0 Å². The molecule has 4 aromatic heterocycles. The largest absolute Gasteiger partial charge is 0.435 e. The number of hydrogen-bond acceptors (Lipinski definition) is 9. The third-order valence-corrected chi connectivity index (χ3v) is 10.6. The average Bonchev–Trinajstić information content (AvgIpc) is 3.94. The molecule has 0 saturated carbocycles. The summed E-state index contributed by atoms with van der Waals surface area (Å²) in [6, 6.07) is 3.22. The number of aromatic nitrogens is 8. The van der Waals surface area contributed by atoms with E-state index in [4.69, 9.17) is 39.5 Å². The topological polar surface area (TPSA) is 149 Å². The van der Waals surface area contributed by atoms with Gasteiger partial charge in [-0.3, -0.25) is 0 Å². The maximum Gasteiger partial charge on any atom is 0.435 e. The van der Waals surface area contributed by atoms with Gasteiger partial charge in [-0.1, -0.05) is 34.8 Å². The van der Waals surface area contributed by atoms with Gasteiger partial charge in [-0.25, -0.2) is 41.6 Å². The first kappa shape index (κ1) is 40.6. The first-order valence-corrected chi connectivity index (χ1v) is 17.6. The second-order valence-electron chi connectivity index (χ2n) is 13.2. The molecule has 1 aliphatic heterocycles. The zero-order valence-corrected chi connectivity index (χ0v) is 31.6. The van der Waals surface area contributed by atoms with E-state index in [0.29, 0.717) is 4.68 Å². The highest BCUT2D eigenvalue weighted by Crippen LogP contribution is 2.50. The van der Waals surface area contributed by atoms with Crippen molar-refractivity contribution in [2.45, 2.75) is 57.0 Å². The van der Waals surface area contributed by atoms with E-state index in [1.54, 1.807) is 0 Å². The van der Waals surface area contributed by atoms with Crippen molar-refractivity contribution in [1.29, 1.82) is 0 Å². The third-order valence-electron chi connectivity index (χ3n) is 9.46. The fourth-order valence-electron chi connectivity index (χ4n) is 6.72. The number of aliphatic hydroxyl groups excluding tert-OH is 2. The highest BCUT2D eigenvalue weighted by Gasteiger charge is 2.66. The lowest BCUT2D eigenvalue weighted by molar-refractivity contribution is -0.338. The fraction of sp³-hybridized carbons (Fsp3) is 0.286. The number of nitrogens with zero attached hydrogens (tertiary/aromatic N) is 8. The zero-order chi connectivity index (χ0) is 41.5. The van der Waals surface area contributed by atoms with Crippen molar-refractivity contribution in [1.82, 2.24) is 39.3 Å². The van der Waals surface area contributed by atoms with Crippen molar-refractivity contribution in [3.63, 3.8) is 0 Å². The molecule has 0 bridgehead atoms. The van der Waals surface area contributed by atoms with Gasteiger partial charge in [0.15, 0.2) is 34.8 Å². The molecule has 3 N–H and O–H groups in total. The number of hydrogen-bond donors (Lipinski definition) is 3. The normalized spacial score (nSPS) is 21.4. The summed E-state index contributed by atoms with van der Waals surface area (Å²) in [4.78, 5) is 7.83. The number of rotatable bonds is 7. The standard InChI is InChI=1S/C35H26Cl3F7N8O4/c1-14-4-20(27(39)29(41)25(14)37)17-8-47-51(11-17)33(56)7-23(55)24(13-54)57-34(33,52-12-18(9-48-52)21-5-15(2)26(38)30(42)28(21)40)32-49-16(3)50-53(32)22-6-19(36)10-46-31(22)35(43,44)45/h4-6,8-12,23-24,54-56H,7,13H2,1-3H3/t23-,24-,33-,34?/m0/s1. The van der Waals surface area contributed by atoms with Crippen LogP contribution in [0.4, 0.5) is 30.7 Å². The van der Waals surface area contributed by atoms with Gasteiger partial charge in [-0.2, -0.15) is 28.5 Å². The molecule has 22 heteroatoms. The molecule has 12 nitrogen and oxygen atoms in total. The van der Waals surface area contributed by atoms with E-state index in [2.05, 4.69) is 25.3 Å². The number of pyridine rings is 1. The first-order chi connectivity index (χ1) is 26.7. The van der Waals surface area contributed by atoms with Crippen LogP contribution in [0.5, 0.6) is 0 Å². The van der Waals surface area contributed by atoms with Crippen molar-refractivity contribution in [3.05, 3.63) is 116 Å². The quantitative estimate of drug-likeness (QED) is 0.114.